The molecule has 122 valence electrons. The zero-order valence-electron chi connectivity index (χ0n) is 13.2. The fourth-order valence-electron chi connectivity index (χ4n) is 2.00. The van der Waals surface area contributed by atoms with E-state index in [-0.39, 0.29) is 18.4 Å². The van der Waals surface area contributed by atoms with Gasteiger partial charge in [-0.3, -0.25) is 9.59 Å². The largest absolute Gasteiger partial charge is 0.484 e. The average Bonchev–Trinajstić information content (AvgIpc) is 2.60. The number of amides is 2. The zero-order valence-corrected chi connectivity index (χ0v) is 13.2. The molecule has 0 atom stereocenters. The van der Waals surface area contributed by atoms with Crippen LogP contribution >= 0.6 is 0 Å². The molecule has 6 heteroatoms. The van der Waals surface area contributed by atoms with E-state index in [0.717, 1.165) is 0 Å². The molecule has 2 aromatic rings. The van der Waals surface area contributed by atoms with Crippen molar-refractivity contribution in [2.24, 2.45) is 0 Å². The summed E-state index contributed by atoms with van der Waals surface area (Å²) >= 11 is 0. The number of benzene rings is 2. The summed E-state index contributed by atoms with van der Waals surface area (Å²) in [5.41, 5.74) is 1.44. The minimum atomic E-state index is -0.356. The third kappa shape index (κ3) is 4.85. The van der Waals surface area contributed by atoms with E-state index in [1.165, 1.54) is 0 Å². The van der Waals surface area contributed by atoms with E-state index in [2.05, 4.69) is 10.6 Å². The van der Waals surface area contributed by atoms with Crippen LogP contribution in [0.25, 0.3) is 0 Å². The molecular formula is C18H17N3O3. The molecule has 0 aromatic heterocycles. The normalized spacial score (nSPS) is 9.67. The van der Waals surface area contributed by atoms with Crippen molar-refractivity contribution in [1.29, 1.82) is 5.26 Å². The van der Waals surface area contributed by atoms with Gasteiger partial charge < -0.3 is 15.4 Å². The lowest BCUT2D eigenvalue weighted by atomic mass is 10.2. The molecule has 0 saturated carbocycles. The highest BCUT2D eigenvalue weighted by atomic mass is 16.5. The molecule has 2 rings (SSSR count). The first-order valence-corrected chi connectivity index (χ1v) is 7.43. The predicted octanol–water partition coefficient (Wildman–Crippen LogP) is 2.33. The second-order valence-electron chi connectivity index (χ2n) is 4.92. The molecule has 0 radical (unpaired) electrons. The second-order valence-corrected chi connectivity index (χ2v) is 4.92. The molecule has 0 saturated heterocycles. The van der Waals surface area contributed by atoms with Crippen LogP contribution in [0.15, 0.2) is 48.5 Å². The molecule has 0 aliphatic carbocycles. The Morgan fingerprint density at radius 2 is 1.96 bits per heavy atom. The Kier molecular flexibility index (Phi) is 5.92. The smallest absolute Gasteiger partial charge is 0.262 e. The summed E-state index contributed by atoms with van der Waals surface area (Å²) in [4.78, 5) is 23.7. The van der Waals surface area contributed by atoms with Crippen molar-refractivity contribution >= 4 is 17.5 Å². The van der Waals surface area contributed by atoms with Gasteiger partial charge in [0, 0.05) is 17.8 Å². The Morgan fingerprint density at radius 3 is 2.71 bits per heavy atom. The Balaban J connectivity index is 1.93. The molecule has 0 unspecified atom stereocenters. The SMILES string of the molecule is CCNC(=O)c1cccc(NC(=O)COc2cccc(C#N)c2)c1. The zero-order chi connectivity index (χ0) is 17.4. The number of nitrogens with one attached hydrogen (secondary N) is 2. The van der Waals surface area contributed by atoms with Crippen LogP contribution < -0.4 is 15.4 Å². The van der Waals surface area contributed by atoms with E-state index in [0.29, 0.717) is 29.1 Å². The van der Waals surface area contributed by atoms with E-state index in [1.54, 1.807) is 48.5 Å². The fraction of sp³-hybridized carbons (Fsp3) is 0.167. The first kappa shape index (κ1) is 17.0. The number of nitrogens with zero attached hydrogens (tertiary/aromatic N) is 1. The van der Waals surface area contributed by atoms with E-state index in [9.17, 15) is 9.59 Å². The molecule has 24 heavy (non-hydrogen) atoms. The molecule has 2 N–H and O–H groups in total. The van der Waals surface area contributed by atoms with Crippen molar-refractivity contribution in [3.8, 4) is 11.8 Å². The van der Waals surface area contributed by atoms with Crippen LogP contribution in [-0.4, -0.2) is 25.0 Å². The van der Waals surface area contributed by atoms with E-state index >= 15 is 0 Å². The van der Waals surface area contributed by atoms with Gasteiger partial charge in [-0.05, 0) is 43.3 Å². The molecule has 0 aliphatic heterocycles. The summed E-state index contributed by atoms with van der Waals surface area (Å²) in [5.74, 6) is -0.108. The molecule has 2 aromatic carbocycles. The lowest BCUT2D eigenvalue weighted by Crippen LogP contribution is -2.23. The second kappa shape index (κ2) is 8.34. The minimum Gasteiger partial charge on any atom is -0.484 e. The molecule has 0 spiro atoms. The highest BCUT2D eigenvalue weighted by Gasteiger charge is 2.08. The van der Waals surface area contributed by atoms with Crippen molar-refractivity contribution < 1.29 is 14.3 Å². The Labute approximate surface area is 140 Å². The van der Waals surface area contributed by atoms with Crippen molar-refractivity contribution in [2.45, 2.75) is 6.92 Å². The summed E-state index contributed by atoms with van der Waals surface area (Å²) in [5, 5.41) is 14.2. The van der Waals surface area contributed by atoms with Crippen molar-refractivity contribution in [1.82, 2.24) is 5.32 Å². The Hall–Kier alpha value is -3.33. The quantitative estimate of drug-likeness (QED) is 0.853. The first-order chi connectivity index (χ1) is 11.6. The standard InChI is InChI=1S/C18H17N3O3/c1-2-20-18(23)14-6-4-7-15(10-14)21-17(22)12-24-16-8-3-5-13(9-16)11-19/h3-10H,2,12H2,1H3,(H,20,23)(H,21,22). The Bertz CT molecular complexity index is 781. The predicted molar refractivity (Wildman–Crippen MR) is 89.7 cm³/mol. The minimum absolute atomic E-state index is 0.194. The summed E-state index contributed by atoms with van der Waals surface area (Å²) in [6, 6.07) is 15.2. The summed E-state index contributed by atoms with van der Waals surface area (Å²) < 4.78 is 5.36. The lowest BCUT2D eigenvalue weighted by molar-refractivity contribution is -0.118. The first-order valence-electron chi connectivity index (χ1n) is 7.43. The highest BCUT2D eigenvalue weighted by molar-refractivity contribution is 5.97. The van der Waals surface area contributed by atoms with Gasteiger partial charge in [-0.2, -0.15) is 5.26 Å². The van der Waals surface area contributed by atoms with Gasteiger partial charge >= 0.3 is 0 Å². The van der Waals surface area contributed by atoms with Crippen molar-refractivity contribution in [2.75, 3.05) is 18.5 Å². The van der Waals surface area contributed by atoms with Gasteiger partial charge in [0.25, 0.3) is 11.8 Å². The van der Waals surface area contributed by atoms with Crippen LogP contribution in [0.4, 0.5) is 5.69 Å². The topological polar surface area (TPSA) is 91.2 Å². The monoisotopic (exact) mass is 323 g/mol. The fourth-order valence-corrected chi connectivity index (χ4v) is 2.00. The van der Waals surface area contributed by atoms with Crippen LogP contribution in [-0.2, 0) is 4.79 Å². The highest BCUT2D eigenvalue weighted by Crippen LogP contribution is 2.13. The summed E-state index contributed by atoms with van der Waals surface area (Å²) in [6.07, 6.45) is 0. The van der Waals surface area contributed by atoms with Crippen molar-refractivity contribution in [3.63, 3.8) is 0 Å². The molecule has 0 heterocycles. The van der Waals surface area contributed by atoms with Crippen LogP contribution in [0.5, 0.6) is 5.75 Å². The van der Waals surface area contributed by atoms with Crippen LogP contribution in [0.3, 0.4) is 0 Å². The van der Waals surface area contributed by atoms with Gasteiger partial charge in [-0.15, -0.1) is 0 Å². The van der Waals surface area contributed by atoms with Gasteiger partial charge in [0.1, 0.15) is 5.75 Å². The number of carbonyl (C=O) groups is 2. The molecular weight excluding hydrogens is 306 g/mol. The van der Waals surface area contributed by atoms with E-state index in [4.69, 9.17) is 10.00 Å². The maximum absolute atomic E-state index is 11.9. The van der Waals surface area contributed by atoms with E-state index < -0.39 is 0 Å². The van der Waals surface area contributed by atoms with Gasteiger partial charge in [0.05, 0.1) is 11.6 Å². The molecule has 6 nitrogen and oxygen atoms in total. The van der Waals surface area contributed by atoms with Crippen LogP contribution in [0.2, 0.25) is 0 Å². The number of rotatable bonds is 6. The number of anilines is 1. The van der Waals surface area contributed by atoms with Gasteiger partial charge in [-0.25, -0.2) is 0 Å². The maximum atomic E-state index is 11.9. The maximum Gasteiger partial charge on any atom is 0.262 e. The number of carbonyl (C=O) groups excluding carboxylic acids is 2. The molecule has 2 amide bonds. The van der Waals surface area contributed by atoms with Gasteiger partial charge in [0.15, 0.2) is 6.61 Å². The lowest BCUT2D eigenvalue weighted by Gasteiger charge is -2.09. The molecule has 0 bridgehead atoms. The molecule has 0 aliphatic rings. The van der Waals surface area contributed by atoms with Gasteiger partial charge in [-0.1, -0.05) is 12.1 Å². The average molecular weight is 323 g/mol. The number of hydrogen-bond donors (Lipinski definition) is 2. The third-order valence-corrected chi connectivity index (χ3v) is 3.08. The Morgan fingerprint density at radius 1 is 1.17 bits per heavy atom. The summed E-state index contributed by atoms with van der Waals surface area (Å²) in [7, 11) is 0. The number of ether oxygens (including phenoxy) is 1. The van der Waals surface area contributed by atoms with Gasteiger partial charge in [0.2, 0.25) is 0 Å². The number of nitriles is 1. The number of hydrogen-bond acceptors (Lipinski definition) is 4. The van der Waals surface area contributed by atoms with Crippen LogP contribution in [0, 0.1) is 11.3 Å². The van der Waals surface area contributed by atoms with Crippen LogP contribution in [0.1, 0.15) is 22.8 Å². The molecule has 0 fully saturated rings. The van der Waals surface area contributed by atoms with E-state index in [1.807, 2.05) is 13.0 Å². The summed E-state index contributed by atoms with van der Waals surface area (Å²) in [6.45, 7) is 2.17. The van der Waals surface area contributed by atoms with Crippen molar-refractivity contribution in [3.05, 3.63) is 59.7 Å². The third-order valence-electron chi connectivity index (χ3n) is 3.08.